The van der Waals surface area contributed by atoms with E-state index in [0.29, 0.717) is 13.2 Å². The van der Waals surface area contributed by atoms with Gasteiger partial charge in [-0.25, -0.2) is 0 Å². The van der Waals surface area contributed by atoms with Gasteiger partial charge < -0.3 is 15.4 Å². The van der Waals surface area contributed by atoms with Gasteiger partial charge in [0.2, 0.25) is 5.91 Å². The number of hydrogen-bond acceptors (Lipinski definition) is 3. The van der Waals surface area contributed by atoms with E-state index in [9.17, 15) is 4.79 Å². The van der Waals surface area contributed by atoms with Crippen LogP contribution in [0.4, 0.5) is 0 Å². The summed E-state index contributed by atoms with van der Waals surface area (Å²) in [6, 6.07) is 7.88. The van der Waals surface area contributed by atoms with Crippen LogP contribution in [0.5, 0.6) is 5.75 Å². The molecule has 1 fully saturated rings. The predicted octanol–water partition coefficient (Wildman–Crippen LogP) is 2.26. The van der Waals surface area contributed by atoms with E-state index in [1.54, 1.807) is 0 Å². The zero-order chi connectivity index (χ0) is 14.4. The highest BCUT2D eigenvalue weighted by Gasteiger charge is 2.20. The molecule has 20 heavy (non-hydrogen) atoms. The maximum absolute atomic E-state index is 11.8. The summed E-state index contributed by atoms with van der Waals surface area (Å²) < 4.78 is 5.41. The number of carbonyl (C=O) groups is 1. The normalized spacial score (nSPS) is 15.7. The Kier molecular flexibility index (Phi) is 5.41. The summed E-state index contributed by atoms with van der Waals surface area (Å²) in [6.45, 7) is 5.99. The second kappa shape index (κ2) is 7.29. The monoisotopic (exact) mass is 276 g/mol. The van der Waals surface area contributed by atoms with Crippen molar-refractivity contribution in [2.45, 2.75) is 32.7 Å². The van der Waals surface area contributed by atoms with Crippen molar-refractivity contribution in [3.63, 3.8) is 0 Å². The van der Waals surface area contributed by atoms with E-state index in [0.717, 1.165) is 23.8 Å². The minimum atomic E-state index is 0.0147. The first-order valence-corrected chi connectivity index (χ1v) is 7.42. The van der Waals surface area contributed by atoms with Crippen LogP contribution in [0.2, 0.25) is 0 Å². The summed E-state index contributed by atoms with van der Waals surface area (Å²) in [4.78, 5) is 11.8. The molecule has 4 nitrogen and oxygen atoms in total. The van der Waals surface area contributed by atoms with E-state index in [4.69, 9.17) is 4.74 Å². The van der Waals surface area contributed by atoms with Gasteiger partial charge in [-0.1, -0.05) is 12.1 Å². The van der Waals surface area contributed by atoms with Crippen molar-refractivity contribution in [1.82, 2.24) is 10.6 Å². The quantitative estimate of drug-likeness (QED) is 0.766. The van der Waals surface area contributed by atoms with Gasteiger partial charge in [-0.05, 0) is 56.8 Å². The van der Waals surface area contributed by atoms with Gasteiger partial charge in [0.1, 0.15) is 5.75 Å². The van der Waals surface area contributed by atoms with Crippen molar-refractivity contribution in [3.8, 4) is 5.75 Å². The van der Waals surface area contributed by atoms with Crippen LogP contribution in [0.3, 0.4) is 0 Å². The minimum Gasteiger partial charge on any atom is -0.494 e. The molecule has 0 aromatic heterocycles. The van der Waals surface area contributed by atoms with Crippen molar-refractivity contribution >= 4 is 5.91 Å². The summed E-state index contributed by atoms with van der Waals surface area (Å²) >= 11 is 0. The molecule has 1 amide bonds. The maximum atomic E-state index is 11.8. The molecular formula is C16H24N2O2. The van der Waals surface area contributed by atoms with Crippen molar-refractivity contribution in [1.29, 1.82) is 0 Å². The average molecular weight is 276 g/mol. The first-order chi connectivity index (χ1) is 9.69. The third-order valence-electron chi connectivity index (χ3n) is 3.48. The Morgan fingerprint density at radius 2 is 2.05 bits per heavy atom. The number of rotatable bonds is 8. The molecule has 1 aliphatic carbocycles. The van der Waals surface area contributed by atoms with Crippen LogP contribution in [-0.4, -0.2) is 25.6 Å². The van der Waals surface area contributed by atoms with E-state index in [-0.39, 0.29) is 11.9 Å². The third-order valence-corrected chi connectivity index (χ3v) is 3.48. The topological polar surface area (TPSA) is 50.4 Å². The second-order valence-electron chi connectivity index (χ2n) is 5.37. The first kappa shape index (κ1) is 14.9. The lowest BCUT2D eigenvalue weighted by molar-refractivity contribution is -0.120. The van der Waals surface area contributed by atoms with E-state index >= 15 is 0 Å². The van der Waals surface area contributed by atoms with Crippen LogP contribution in [-0.2, 0) is 4.79 Å². The van der Waals surface area contributed by atoms with Gasteiger partial charge in [0.15, 0.2) is 0 Å². The fraction of sp³-hybridized carbons (Fsp3) is 0.562. The van der Waals surface area contributed by atoms with Gasteiger partial charge in [-0.2, -0.15) is 0 Å². The number of amides is 1. The Balaban J connectivity index is 1.74. The number of hydrogen-bond donors (Lipinski definition) is 2. The molecule has 0 saturated heterocycles. The Hall–Kier alpha value is -1.55. The van der Waals surface area contributed by atoms with Crippen molar-refractivity contribution in [3.05, 3.63) is 29.8 Å². The Morgan fingerprint density at radius 1 is 1.35 bits per heavy atom. The van der Waals surface area contributed by atoms with Crippen LogP contribution in [0.1, 0.15) is 38.3 Å². The summed E-state index contributed by atoms with van der Waals surface area (Å²) in [6.07, 6.45) is 2.61. The summed E-state index contributed by atoms with van der Waals surface area (Å²) in [7, 11) is 0. The molecular weight excluding hydrogens is 252 g/mol. The molecule has 0 spiro atoms. The van der Waals surface area contributed by atoms with Gasteiger partial charge in [-0.15, -0.1) is 0 Å². The van der Waals surface area contributed by atoms with E-state index in [1.165, 1.54) is 12.8 Å². The lowest BCUT2D eigenvalue weighted by Gasteiger charge is -2.15. The molecule has 0 bridgehead atoms. The van der Waals surface area contributed by atoms with Gasteiger partial charge in [0.25, 0.3) is 0 Å². The average Bonchev–Trinajstić information content (AvgIpc) is 3.24. The molecule has 4 heteroatoms. The molecule has 1 aromatic carbocycles. The standard InChI is InChI=1S/C16H24N2O2/c1-3-20-15-8-6-14(7-9-15)12(2)18-16(19)11-17-10-13-4-5-13/h6-9,12-13,17H,3-5,10-11H2,1-2H3,(H,18,19). The van der Waals surface area contributed by atoms with E-state index < -0.39 is 0 Å². The molecule has 2 N–H and O–H groups in total. The number of benzene rings is 1. The molecule has 1 atom stereocenters. The Bertz CT molecular complexity index is 427. The molecule has 1 aliphatic rings. The Morgan fingerprint density at radius 3 is 2.65 bits per heavy atom. The summed E-state index contributed by atoms with van der Waals surface area (Å²) in [5.41, 5.74) is 1.09. The zero-order valence-electron chi connectivity index (χ0n) is 12.3. The fourth-order valence-corrected chi connectivity index (χ4v) is 2.11. The lowest BCUT2D eigenvalue weighted by atomic mass is 10.1. The van der Waals surface area contributed by atoms with Crippen LogP contribution in [0.25, 0.3) is 0 Å². The maximum Gasteiger partial charge on any atom is 0.234 e. The largest absolute Gasteiger partial charge is 0.494 e. The molecule has 0 aliphatic heterocycles. The number of nitrogens with one attached hydrogen (secondary N) is 2. The van der Waals surface area contributed by atoms with Crippen LogP contribution in [0, 0.1) is 5.92 Å². The fourth-order valence-electron chi connectivity index (χ4n) is 2.11. The molecule has 110 valence electrons. The van der Waals surface area contributed by atoms with Gasteiger partial charge in [-0.3, -0.25) is 4.79 Å². The first-order valence-electron chi connectivity index (χ1n) is 7.42. The number of ether oxygens (including phenoxy) is 1. The molecule has 0 heterocycles. The zero-order valence-corrected chi connectivity index (χ0v) is 12.3. The summed E-state index contributed by atoms with van der Waals surface area (Å²) in [5.74, 6) is 1.71. The molecule has 2 rings (SSSR count). The molecule has 1 aromatic rings. The van der Waals surface area contributed by atoms with Gasteiger partial charge in [0.05, 0.1) is 19.2 Å². The van der Waals surface area contributed by atoms with Crippen molar-refractivity contribution in [2.24, 2.45) is 5.92 Å². The molecule has 1 saturated carbocycles. The smallest absolute Gasteiger partial charge is 0.234 e. The van der Waals surface area contributed by atoms with Crippen LogP contribution in [0.15, 0.2) is 24.3 Å². The van der Waals surface area contributed by atoms with Gasteiger partial charge >= 0.3 is 0 Å². The Labute approximate surface area is 120 Å². The van der Waals surface area contributed by atoms with Gasteiger partial charge in [0, 0.05) is 0 Å². The highest BCUT2D eigenvalue weighted by atomic mass is 16.5. The van der Waals surface area contributed by atoms with Crippen molar-refractivity contribution < 1.29 is 9.53 Å². The third kappa shape index (κ3) is 4.85. The van der Waals surface area contributed by atoms with E-state index in [1.807, 2.05) is 38.1 Å². The SMILES string of the molecule is CCOc1ccc(C(C)NC(=O)CNCC2CC2)cc1. The summed E-state index contributed by atoms with van der Waals surface area (Å²) in [5, 5.41) is 6.20. The van der Waals surface area contributed by atoms with Crippen LogP contribution < -0.4 is 15.4 Å². The molecule has 1 unspecified atom stereocenters. The highest BCUT2D eigenvalue weighted by Crippen LogP contribution is 2.27. The highest BCUT2D eigenvalue weighted by molar-refractivity contribution is 5.78. The lowest BCUT2D eigenvalue weighted by Crippen LogP contribution is -2.36. The number of carbonyl (C=O) groups excluding carboxylic acids is 1. The van der Waals surface area contributed by atoms with Crippen LogP contribution >= 0.6 is 0 Å². The minimum absolute atomic E-state index is 0.0147. The van der Waals surface area contributed by atoms with E-state index in [2.05, 4.69) is 10.6 Å². The predicted molar refractivity (Wildman–Crippen MR) is 79.8 cm³/mol. The second-order valence-corrected chi connectivity index (χ2v) is 5.37. The molecule has 0 radical (unpaired) electrons. The van der Waals surface area contributed by atoms with Crippen molar-refractivity contribution in [2.75, 3.05) is 19.7 Å².